The van der Waals surface area contributed by atoms with E-state index in [1.807, 2.05) is 38.1 Å². The maximum atomic E-state index is 5.57. The molecule has 1 rings (SSSR count). The van der Waals surface area contributed by atoms with Gasteiger partial charge >= 0.3 is 0 Å². The first-order valence-corrected chi connectivity index (χ1v) is 5.64. The van der Waals surface area contributed by atoms with Gasteiger partial charge in [-0.25, -0.2) is 0 Å². The van der Waals surface area contributed by atoms with Crippen LogP contribution >= 0.6 is 0 Å². The molecule has 1 N–H and O–H groups in total. The third-order valence-corrected chi connectivity index (χ3v) is 2.06. The van der Waals surface area contributed by atoms with E-state index in [2.05, 4.69) is 12.2 Å². The molecule has 0 saturated carbocycles. The molecule has 3 nitrogen and oxygen atoms in total. The molecule has 0 aromatic heterocycles. The summed E-state index contributed by atoms with van der Waals surface area (Å²) in [7, 11) is 1.71. The van der Waals surface area contributed by atoms with Crippen molar-refractivity contribution in [2.24, 2.45) is 0 Å². The lowest BCUT2D eigenvalue weighted by Gasteiger charge is -2.15. The third kappa shape index (κ3) is 4.53. The largest absolute Gasteiger partial charge is 0.491 e. The number of rotatable bonds is 6. The summed E-state index contributed by atoms with van der Waals surface area (Å²) in [6.07, 6.45) is 0.214. The molecule has 1 aromatic rings. The van der Waals surface area contributed by atoms with Crippen molar-refractivity contribution >= 4 is 5.69 Å². The van der Waals surface area contributed by atoms with Crippen molar-refractivity contribution in [3.63, 3.8) is 0 Å². The zero-order valence-electron chi connectivity index (χ0n) is 10.5. The molecule has 0 spiro atoms. The Bertz CT molecular complexity index is 295. The van der Waals surface area contributed by atoms with Gasteiger partial charge in [-0.1, -0.05) is 0 Å². The van der Waals surface area contributed by atoms with Crippen LogP contribution in [0.3, 0.4) is 0 Å². The fraction of sp³-hybridized carbons (Fsp3) is 0.538. The molecular weight excluding hydrogens is 202 g/mol. The third-order valence-electron chi connectivity index (χ3n) is 2.06. The molecule has 0 bridgehead atoms. The molecule has 0 aliphatic heterocycles. The van der Waals surface area contributed by atoms with Crippen LogP contribution in [-0.2, 0) is 4.74 Å². The molecule has 0 aliphatic carbocycles. The second-order valence-electron chi connectivity index (χ2n) is 4.19. The number of hydrogen-bond acceptors (Lipinski definition) is 3. The smallest absolute Gasteiger partial charge is 0.119 e. The average Bonchev–Trinajstić information content (AvgIpc) is 2.20. The van der Waals surface area contributed by atoms with Crippen molar-refractivity contribution in [3.8, 4) is 5.75 Å². The highest BCUT2D eigenvalue weighted by Crippen LogP contribution is 2.17. The van der Waals surface area contributed by atoms with Crippen LogP contribution in [0.5, 0.6) is 5.75 Å². The molecule has 0 radical (unpaired) electrons. The van der Waals surface area contributed by atoms with Crippen molar-refractivity contribution in [3.05, 3.63) is 24.3 Å². The Labute approximate surface area is 97.8 Å². The van der Waals surface area contributed by atoms with Gasteiger partial charge in [-0.3, -0.25) is 0 Å². The minimum Gasteiger partial charge on any atom is -0.491 e. The van der Waals surface area contributed by atoms with Crippen molar-refractivity contribution in [1.29, 1.82) is 0 Å². The molecule has 0 aliphatic rings. The summed E-state index contributed by atoms with van der Waals surface area (Å²) in [5.41, 5.74) is 1.08. The highest BCUT2D eigenvalue weighted by atomic mass is 16.5. The monoisotopic (exact) mass is 223 g/mol. The first-order valence-electron chi connectivity index (χ1n) is 5.64. The summed E-state index contributed by atoms with van der Waals surface area (Å²) < 4.78 is 10.6. The Kier molecular flexibility index (Phi) is 5.12. The number of benzene rings is 1. The van der Waals surface area contributed by atoms with Gasteiger partial charge < -0.3 is 14.8 Å². The van der Waals surface area contributed by atoms with E-state index < -0.39 is 0 Å². The van der Waals surface area contributed by atoms with Gasteiger partial charge in [0.25, 0.3) is 0 Å². The van der Waals surface area contributed by atoms with Gasteiger partial charge in [-0.15, -0.1) is 0 Å². The number of nitrogens with one attached hydrogen (secondary N) is 1. The Balaban J connectivity index is 2.50. The van der Waals surface area contributed by atoms with Crippen molar-refractivity contribution in [2.45, 2.75) is 32.9 Å². The van der Waals surface area contributed by atoms with Crippen LogP contribution in [0, 0.1) is 0 Å². The maximum Gasteiger partial charge on any atom is 0.119 e. The first-order chi connectivity index (χ1) is 7.61. The Hall–Kier alpha value is -1.22. The highest BCUT2D eigenvalue weighted by Gasteiger charge is 2.02. The van der Waals surface area contributed by atoms with E-state index in [-0.39, 0.29) is 6.10 Å². The standard InChI is InChI=1S/C13H21NO2/c1-10(2)16-13-7-5-12(6-8-13)14-11(3)9-15-4/h5-8,10-11,14H,9H2,1-4H3. The summed E-state index contributed by atoms with van der Waals surface area (Å²) in [6, 6.07) is 8.29. The number of methoxy groups -OCH3 is 1. The zero-order valence-corrected chi connectivity index (χ0v) is 10.5. The molecule has 90 valence electrons. The van der Waals surface area contributed by atoms with E-state index in [1.54, 1.807) is 7.11 Å². The number of hydrogen-bond donors (Lipinski definition) is 1. The predicted octanol–water partition coefficient (Wildman–Crippen LogP) is 2.92. The fourth-order valence-corrected chi connectivity index (χ4v) is 1.48. The van der Waals surface area contributed by atoms with Gasteiger partial charge in [0.1, 0.15) is 5.75 Å². The van der Waals surface area contributed by atoms with Crippen molar-refractivity contribution in [2.75, 3.05) is 19.0 Å². The summed E-state index contributed by atoms with van der Waals surface area (Å²) in [5.74, 6) is 0.903. The summed E-state index contributed by atoms with van der Waals surface area (Å²) in [4.78, 5) is 0. The van der Waals surface area contributed by atoms with Crippen LogP contribution in [-0.4, -0.2) is 25.9 Å². The topological polar surface area (TPSA) is 30.5 Å². The van der Waals surface area contributed by atoms with E-state index >= 15 is 0 Å². The molecule has 16 heavy (non-hydrogen) atoms. The lowest BCUT2D eigenvalue weighted by atomic mass is 10.2. The summed E-state index contributed by atoms with van der Waals surface area (Å²) in [6.45, 7) is 6.83. The van der Waals surface area contributed by atoms with Crippen molar-refractivity contribution in [1.82, 2.24) is 0 Å². The van der Waals surface area contributed by atoms with Crippen LogP contribution in [0.15, 0.2) is 24.3 Å². The molecular formula is C13H21NO2. The normalized spacial score (nSPS) is 12.6. The maximum absolute atomic E-state index is 5.57. The molecule has 0 amide bonds. The molecule has 1 atom stereocenters. The van der Waals surface area contributed by atoms with E-state index in [1.165, 1.54) is 0 Å². The van der Waals surface area contributed by atoms with Crippen LogP contribution < -0.4 is 10.1 Å². The predicted molar refractivity (Wildman–Crippen MR) is 67.2 cm³/mol. The first kappa shape index (κ1) is 12.8. The zero-order chi connectivity index (χ0) is 12.0. The molecule has 0 fully saturated rings. The quantitative estimate of drug-likeness (QED) is 0.804. The summed E-state index contributed by atoms with van der Waals surface area (Å²) in [5, 5.41) is 3.34. The van der Waals surface area contributed by atoms with E-state index in [0.29, 0.717) is 12.6 Å². The van der Waals surface area contributed by atoms with Gasteiger partial charge in [0.2, 0.25) is 0 Å². The van der Waals surface area contributed by atoms with E-state index in [4.69, 9.17) is 9.47 Å². The van der Waals surface area contributed by atoms with Crippen molar-refractivity contribution < 1.29 is 9.47 Å². The SMILES string of the molecule is COCC(C)Nc1ccc(OC(C)C)cc1. The van der Waals surface area contributed by atoms with Gasteiger partial charge in [0.15, 0.2) is 0 Å². The molecule has 1 aromatic carbocycles. The van der Waals surface area contributed by atoms with Crippen LogP contribution in [0.4, 0.5) is 5.69 Å². The second-order valence-corrected chi connectivity index (χ2v) is 4.19. The Morgan fingerprint density at radius 1 is 1.12 bits per heavy atom. The Morgan fingerprint density at radius 2 is 1.75 bits per heavy atom. The second kappa shape index (κ2) is 6.38. The van der Waals surface area contributed by atoms with Crippen LogP contribution in [0.1, 0.15) is 20.8 Å². The number of ether oxygens (including phenoxy) is 2. The van der Waals surface area contributed by atoms with E-state index in [9.17, 15) is 0 Å². The van der Waals surface area contributed by atoms with E-state index in [0.717, 1.165) is 11.4 Å². The molecule has 0 heterocycles. The minimum atomic E-state index is 0.214. The van der Waals surface area contributed by atoms with Crippen LogP contribution in [0.2, 0.25) is 0 Å². The van der Waals surface area contributed by atoms with Crippen LogP contribution in [0.25, 0.3) is 0 Å². The molecule has 1 unspecified atom stereocenters. The lowest BCUT2D eigenvalue weighted by molar-refractivity contribution is 0.190. The van der Waals surface area contributed by atoms with Gasteiger partial charge in [-0.2, -0.15) is 0 Å². The number of anilines is 1. The Morgan fingerprint density at radius 3 is 2.25 bits per heavy atom. The lowest BCUT2D eigenvalue weighted by Crippen LogP contribution is -2.20. The minimum absolute atomic E-state index is 0.214. The molecule has 0 saturated heterocycles. The van der Waals surface area contributed by atoms with Gasteiger partial charge in [-0.05, 0) is 45.0 Å². The van der Waals surface area contributed by atoms with Gasteiger partial charge in [0, 0.05) is 18.8 Å². The summed E-state index contributed by atoms with van der Waals surface area (Å²) >= 11 is 0. The molecule has 3 heteroatoms. The highest BCUT2D eigenvalue weighted by molar-refractivity contribution is 5.47. The fourth-order valence-electron chi connectivity index (χ4n) is 1.48. The van der Waals surface area contributed by atoms with Gasteiger partial charge in [0.05, 0.1) is 12.7 Å². The average molecular weight is 223 g/mol.